The average Bonchev–Trinajstić information content (AvgIpc) is 3.34. The third kappa shape index (κ3) is 7.86. The van der Waals surface area contributed by atoms with Crippen molar-refractivity contribution in [2.75, 3.05) is 6.54 Å². The van der Waals surface area contributed by atoms with Gasteiger partial charge in [-0.1, -0.05) is 94.2 Å². The Morgan fingerprint density at radius 1 is 1.00 bits per heavy atom. The highest BCUT2D eigenvalue weighted by Crippen LogP contribution is 2.35. The summed E-state index contributed by atoms with van der Waals surface area (Å²) in [5, 5.41) is 0. The SMILES string of the molecule is CCCCn1c(C2=CC(C)CC=C2)nc(-c2ccccc2)c1CN(Cc1ccc(C(F)(F)F)c(F)c1)CC1CCCCC1. The molecule has 1 atom stereocenters. The van der Waals surface area contributed by atoms with Crippen molar-refractivity contribution >= 4 is 5.57 Å². The molecule has 3 aromatic rings. The molecular weight excluding hydrogens is 550 g/mol. The molecule has 5 rings (SSSR count). The van der Waals surface area contributed by atoms with E-state index in [0.29, 0.717) is 30.5 Å². The summed E-state index contributed by atoms with van der Waals surface area (Å²) in [4.78, 5) is 7.59. The van der Waals surface area contributed by atoms with E-state index in [-0.39, 0.29) is 0 Å². The zero-order valence-corrected chi connectivity index (χ0v) is 25.3. The Hall–Kier alpha value is -3.19. The van der Waals surface area contributed by atoms with Crippen LogP contribution >= 0.6 is 0 Å². The Bertz CT molecular complexity index is 1410. The number of nitrogens with zero attached hydrogens (tertiary/aromatic N) is 3. The van der Waals surface area contributed by atoms with Crippen LogP contribution in [0.1, 0.15) is 87.9 Å². The summed E-state index contributed by atoms with van der Waals surface area (Å²) in [6.07, 6.45) is 10.9. The second-order valence-electron chi connectivity index (χ2n) is 12.3. The van der Waals surface area contributed by atoms with Crippen LogP contribution in [0.25, 0.3) is 16.8 Å². The van der Waals surface area contributed by atoms with Crippen LogP contribution in [-0.2, 0) is 25.8 Å². The highest BCUT2D eigenvalue weighted by Gasteiger charge is 2.34. The summed E-state index contributed by atoms with van der Waals surface area (Å²) in [5.41, 5.74) is 3.54. The first kappa shape index (κ1) is 31.2. The molecule has 0 spiro atoms. The minimum absolute atomic E-state index is 0.369. The molecule has 1 fully saturated rings. The highest BCUT2D eigenvalue weighted by atomic mass is 19.4. The van der Waals surface area contributed by atoms with Gasteiger partial charge >= 0.3 is 6.18 Å². The van der Waals surface area contributed by atoms with Gasteiger partial charge in [-0.25, -0.2) is 9.37 Å². The van der Waals surface area contributed by atoms with Crippen LogP contribution in [0.5, 0.6) is 0 Å². The van der Waals surface area contributed by atoms with E-state index < -0.39 is 17.6 Å². The predicted molar refractivity (Wildman–Crippen MR) is 166 cm³/mol. The molecule has 3 nitrogen and oxygen atoms in total. The zero-order valence-electron chi connectivity index (χ0n) is 25.3. The van der Waals surface area contributed by atoms with Crippen molar-refractivity contribution in [2.24, 2.45) is 11.8 Å². The van der Waals surface area contributed by atoms with Gasteiger partial charge in [-0.05, 0) is 55.2 Å². The van der Waals surface area contributed by atoms with Crippen molar-refractivity contribution in [1.29, 1.82) is 0 Å². The van der Waals surface area contributed by atoms with Crippen LogP contribution in [0.15, 0.2) is 66.8 Å². The summed E-state index contributed by atoms with van der Waals surface area (Å²) in [6, 6.07) is 13.6. The molecule has 1 aromatic heterocycles. The van der Waals surface area contributed by atoms with Crippen molar-refractivity contribution in [3.05, 3.63) is 95.2 Å². The lowest BCUT2D eigenvalue weighted by Gasteiger charge is -2.30. The van der Waals surface area contributed by atoms with E-state index in [4.69, 9.17) is 4.98 Å². The second-order valence-corrected chi connectivity index (χ2v) is 12.3. The quantitative estimate of drug-likeness (QED) is 0.206. The van der Waals surface area contributed by atoms with Gasteiger partial charge in [0, 0.05) is 37.3 Å². The lowest BCUT2D eigenvalue weighted by molar-refractivity contribution is -0.140. The second kappa shape index (κ2) is 14.1. The molecule has 0 radical (unpaired) electrons. The number of aromatic nitrogens is 2. The first-order chi connectivity index (χ1) is 20.7. The van der Waals surface area contributed by atoms with Gasteiger partial charge in [0.05, 0.1) is 17.0 Å². The number of hydrogen-bond acceptors (Lipinski definition) is 2. The van der Waals surface area contributed by atoms with Crippen LogP contribution in [0.2, 0.25) is 0 Å². The number of halogens is 4. The topological polar surface area (TPSA) is 21.1 Å². The van der Waals surface area contributed by atoms with Gasteiger partial charge in [0.1, 0.15) is 11.6 Å². The van der Waals surface area contributed by atoms with Crippen molar-refractivity contribution < 1.29 is 17.6 Å². The van der Waals surface area contributed by atoms with E-state index >= 15 is 0 Å². The van der Waals surface area contributed by atoms with E-state index in [0.717, 1.165) is 85.7 Å². The molecule has 0 N–H and O–H groups in total. The summed E-state index contributed by atoms with van der Waals surface area (Å²) >= 11 is 0. The third-order valence-corrected chi connectivity index (χ3v) is 8.74. The van der Waals surface area contributed by atoms with Crippen LogP contribution in [-0.4, -0.2) is 21.0 Å². The molecule has 2 aliphatic rings. The van der Waals surface area contributed by atoms with Crippen molar-refractivity contribution in [3.8, 4) is 11.3 Å². The molecule has 1 unspecified atom stereocenters. The summed E-state index contributed by atoms with van der Waals surface area (Å²) in [7, 11) is 0. The number of benzene rings is 2. The molecule has 2 aromatic carbocycles. The molecule has 230 valence electrons. The molecule has 7 heteroatoms. The fourth-order valence-electron chi connectivity index (χ4n) is 6.52. The molecule has 1 saturated carbocycles. The Balaban J connectivity index is 1.57. The maximum Gasteiger partial charge on any atom is 0.419 e. The van der Waals surface area contributed by atoms with E-state index in [9.17, 15) is 17.6 Å². The van der Waals surface area contributed by atoms with Gasteiger partial charge < -0.3 is 4.57 Å². The summed E-state index contributed by atoms with van der Waals surface area (Å²) in [5.74, 6) is 0.679. The Labute approximate surface area is 253 Å². The smallest absolute Gasteiger partial charge is 0.326 e. The van der Waals surface area contributed by atoms with Crippen molar-refractivity contribution in [2.45, 2.75) is 91.0 Å². The van der Waals surface area contributed by atoms with E-state index in [1.165, 1.54) is 25.3 Å². The fourth-order valence-corrected chi connectivity index (χ4v) is 6.52. The zero-order chi connectivity index (χ0) is 30.4. The van der Waals surface area contributed by atoms with E-state index in [1.54, 1.807) is 0 Å². The summed E-state index contributed by atoms with van der Waals surface area (Å²) in [6.45, 7) is 6.99. The van der Waals surface area contributed by atoms with E-state index in [2.05, 4.69) is 53.7 Å². The molecule has 0 saturated heterocycles. The van der Waals surface area contributed by atoms with Crippen LogP contribution in [0, 0.1) is 17.7 Å². The average molecular weight is 594 g/mol. The number of unbranched alkanes of at least 4 members (excludes halogenated alkanes) is 1. The minimum atomic E-state index is -4.71. The highest BCUT2D eigenvalue weighted by molar-refractivity contribution is 5.74. The Morgan fingerprint density at radius 3 is 2.44 bits per heavy atom. The maximum atomic E-state index is 14.6. The van der Waals surface area contributed by atoms with Gasteiger partial charge in [0.25, 0.3) is 0 Å². The van der Waals surface area contributed by atoms with Crippen molar-refractivity contribution in [3.63, 3.8) is 0 Å². The predicted octanol–water partition coefficient (Wildman–Crippen LogP) is 10.1. The number of hydrogen-bond donors (Lipinski definition) is 0. The Morgan fingerprint density at radius 2 is 1.77 bits per heavy atom. The summed E-state index contributed by atoms with van der Waals surface area (Å²) < 4.78 is 56.9. The number of allylic oxidation sites excluding steroid dienone is 4. The van der Waals surface area contributed by atoms with Gasteiger partial charge in [0.2, 0.25) is 0 Å². The number of rotatable bonds is 11. The number of imidazole rings is 1. The molecular formula is C36H43F4N3. The first-order valence-corrected chi connectivity index (χ1v) is 15.8. The first-order valence-electron chi connectivity index (χ1n) is 15.8. The monoisotopic (exact) mass is 593 g/mol. The molecule has 0 amide bonds. The van der Waals surface area contributed by atoms with Crippen LogP contribution < -0.4 is 0 Å². The van der Waals surface area contributed by atoms with Crippen molar-refractivity contribution in [1.82, 2.24) is 14.5 Å². The molecule has 43 heavy (non-hydrogen) atoms. The maximum absolute atomic E-state index is 14.6. The Kier molecular flexibility index (Phi) is 10.2. The van der Waals surface area contributed by atoms with Gasteiger partial charge in [-0.15, -0.1) is 0 Å². The lowest BCUT2D eigenvalue weighted by Crippen LogP contribution is -2.31. The number of alkyl halides is 3. The van der Waals surface area contributed by atoms with Gasteiger partial charge in [0.15, 0.2) is 0 Å². The van der Waals surface area contributed by atoms with Gasteiger partial charge in [-0.2, -0.15) is 13.2 Å². The largest absolute Gasteiger partial charge is 0.419 e. The third-order valence-electron chi connectivity index (χ3n) is 8.74. The molecule has 0 aliphatic heterocycles. The normalized spacial score (nSPS) is 17.9. The van der Waals surface area contributed by atoms with Gasteiger partial charge in [-0.3, -0.25) is 4.90 Å². The van der Waals surface area contributed by atoms with E-state index in [1.807, 2.05) is 18.2 Å². The lowest BCUT2D eigenvalue weighted by atomic mass is 9.88. The molecule has 2 aliphatic carbocycles. The van der Waals surface area contributed by atoms with Crippen LogP contribution in [0.4, 0.5) is 17.6 Å². The van der Waals surface area contributed by atoms with Crippen LogP contribution in [0.3, 0.4) is 0 Å². The molecule has 1 heterocycles. The molecule has 0 bridgehead atoms. The standard InChI is InChI=1S/C36H43F4N3/c1-3-4-20-43-33(34(29-15-9-6-10-16-29)41-35(43)30-17-11-12-26(2)21-30)25-42(23-27-13-7-5-8-14-27)24-28-18-19-31(32(37)22-28)36(38,39)40/h6,9-11,15-19,21-22,26-27H,3-5,7-8,12-14,20,23-25H2,1-2H3. The minimum Gasteiger partial charge on any atom is -0.326 e. The fraction of sp³-hybridized carbons (Fsp3) is 0.472.